The van der Waals surface area contributed by atoms with Crippen LogP contribution in [0.25, 0.3) is 0 Å². The first-order valence-corrected chi connectivity index (χ1v) is 8.74. The fourth-order valence-electron chi connectivity index (χ4n) is 2.20. The van der Waals surface area contributed by atoms with E-state index in [2.05, 4.69) is 14.9 Å². The lowest BCUT2D eigenvalue weighted by atomic mass is 10.3. The molecule has 1 heterocycles. The highest BCUT2D eigenvalue weighted by Crippen LogP contribution is 2.13. The summed E-state index contributed by atoms with van der Waals surface area (Å²) in [4.78, 5) is 2.49. The summed E-state index contributed by atoms with van der Waals surface area (Å²) < 4.78 is 32.2. The molecule has 6 nitrogen and oxygen atoms in total. The van der Waals surface area contributed by atoms with Crippen molar-refractivity contribution in [3.63, 3.8) is 0 Å². The maximum absolute atomic E-state index is 12.2. The van der Waals surface area contributed by atoms with Crippen molar-refractivity contribution >= 4 is 15.7 Å². The van der Waals surface area contributed by atoms with E-state index < -0.39 is 10.0 Å². The standard InChI is InChI=1S/C14H23N3O3S/c1-2-15-13-3-5-14(6-4-13)21(18,19)16-7-8-17-9-11-20-12-10-17/h3-6,15-16H,2,7-12H2,1H3. The molecule has 0 spiro atoms. The van der Waals surface area contributed by atoms with Crippen LogP contribution in [0.4, 0.5) is 5.69 Å². The van der Waals surface area contributed by atoms with Crippen molar-refractivity contribution in [2.45, 2.75) is 11.8 Å². The third-order valence-electron chi connectivity index (χ3n) is 3.37. The Balaban J connectivity index is 1.85. The van der Waals surface area contributed by atoms with Crippen LogP contribution in [0.3, 0.4) is 0 Å². The van der Waals surface area contributed by atoms with Gasteiger partial charge in [-0.25, -0.2) is 13.1 Å². The molecule has 21 heavy (non-hydrogen) atoms. The second-order valence-electron chi connectivity index (χ2n) is 4.91. The second-order valence-corrected chi connectivity index (χ2v) is 6.67. The fraction of sp³-hybridized carbons (Fsp3) is 0.571. The number of nitrogens with zero attached hydrogens (tertiary/aromatic N) is 1. The van der Waals surface area contributed by atoms with Gasteiger partial charge in [0.15, 0.2) is 0 Å². The summed E-state index contributed by atoms with van der Waals surface area (Å²) >= 11 is 0. The number of rotatable bonds is 7. The van der Waals surface area contributed by atoms with E-state index in [9.17, 15) is 8.42 Å². The van der Waals surface area contributed by atoms with Gasteiger partial charge in [0.25, 0.3) is 0 Å². The Morgan fingerprint density at radius 1 is 1.19 bits per heavy atom. The summed E-state index contributed by atoms with van der Waals surface area (Å²) in [6, 6.07) is 6.80. The van der Waals surface area contributed by atoms with Gasteiger partial charge < -0.3 is 10.1 Å². The molecule has 0 amide bonds. The Hall–Kier alpha value is -1.15. The molecule has 2 N–H and O–H groups in total. The highest BCUT2D eigenvalue weighted by Gasteiger charge is 2.15. The van der Waals surface area contributed by atoms with Crippen LogP contribution in [0, 0.1) is 0 Å². The van der Waals surface area contributed by atoms with Crippen LogP contribution >= 0.6 is 0 Å². The highest BCUT2D eigenvalue weighted by atomic mass is 32.2. The van der Waals surface area contributed by atoms with E-state index in [1.807, 2.05) is 6.92 Å². The number of benzene rings is 1. The smallest absolute Gasteiger partial charge is 0.240 e. The summed E-state index contributed by atoms with van der Waals surface area (Å²) in [5.74, 6) is 0. The van der Waals surface area contributed by atoms with Crippen LogP contribution in [0.2, 0.25) is 0 Å². The normalized spacial score (nSPS) is 16.8. The van der Waals surface area contributed by atoms with Gasteiger partial charge >= 0.3 is 0 Å². The van der Waals surface area contributed by atoms with Crippen LogP contribution in [0.15, 0.2) is 29.2 Å². The predicted octanol–water partition coefficient (Wildman–Crippen LogP) is 0.729. The topological polar surface area (TPSA) is 70.7 Å². The molecule has 0 atom stereocenters. The lowest BCUT2D eigenvalue weighted by Gasteiger charge is -2.26. The van der Waals surface area contributed by atoms with Gasteiger partial charge in [0.1, 0.15) is 0 Å². The van der Waals surface area contributed by atoms with Gasteiger partial charge in [0.05, 0.1) is 18.1 Å². The maximum atomic E-state index is 12.2. The molecule has 0 aliphatic carbocycles. The lowest BCUT2D eigenvalue weighted by molar-refractivity contribution is 0.0390. The van der Waals surface area contributed by atoms with Crippen molar-refractivity contribution in [3.05, 3.63) is 24.3 Å². The Labute approximate surface area is 126 Å². The van der Waals surface area contributed by atoms with Gasteiger partial charge in [0.2, 0.25) is 10.0 Å². The van der Waals surface area contributed by atoms with E-state index in [0.717, 1.165) is 38.5 Å². The van der Waals surface area contributed by atoms with Crippen molar-refractivity contribution in [2.75, 3.05) is 51.3 Å². The fourth-order valence-corrected chi connectivity index (χ4v) is 3.22. The molecule has 0 saturated carbocycles. The molecule has 0 aromatic heterocycles. The largest absolute Gasteiger partial charge is 0.385 e. The second kappa shape index (κ2) is 7.74. The zero-order chi connectivity index (χ0) is 15.1. The molecule has 1 aliphatic rings. The van der Waals surface area contributed by atoms with Crippen molar-refractivity contribution in [1.29, 1.82) is 0 Å². The number of anilines is 1. The number of nitrogens with one attached hydrogen (secondary N) is 2. The Morgan fingerprint density at radius 3 is 2.48 bits per heavy atom. The van der Waals surface area contributed by atoms with E-state index in [-0.39, 0.29) is 0 Å². The zero-order valence-electron chi connectivity index (χ0n) is 12.3. The summed E-state index contributed by atoms with van der Waals surface area (Å²) in [5.41, 5.74) is 0.921. The van der Waals surface area contributed by atoms with Gasteiger partial charge in [-0.3, -0.25) is 4.90 Å². The zero-order valence-corrected chi connectivity index (χ0v) is 13.2. The van der Waals surface area contributed by atoms with Gasteiger partial charge in [-0.2, -0.15) is 0 Å². The van der Waals surface area contributed by atoms with Crippen molar-refractivity contribution in [2.24, 2.45) is 0 Å². The first-order chi connectivity index (χ1) is 10.1. The molecule has 0 bridgehead atoms. The quantitative estimate of drug-likeness (QED) is 0.776. The van der Waals surface area contributed by atoms with Crippen LogP contribution in [0.1, 0.15) is 6.92 Å². The van der Waals surface area contributed by atoms with Crippen LogP contribution in [-0.2, 0) is 14.8 Å². The number of morpholine rings is 1. The summed E-state index contributed by atoms with van der Waals surface area (Å²) in [7, 11) is -3.43. The molecular formula is C14H23N3O3S. The third kappa shape index (κ3) is 4.96. The number of hydrogen-bond acceptors (Lipinski definition) is 5. The van der Waals surface area contributed by atoms with E-state index in [1.54, 1.807) is 24.3 Å². The number of ether oxygens (including phenoxy) is 1. The molecule has 2 rings (SSSR count). The SMILES string of the molecule is CCNc1ccc(S(=O)(=O)NCCN2CCOCC2)cc1. The molecule has 1 aliphatic heterocycles. The Morgan fingerprint density at radius 2 is 1.86 bits per heavy atom. The Bertz CT molecular complexity index is 525. The summed E-state index contributed by atoms with van der Waals surface area (Å²) in [5, 5.41) is 3.14. The molecular weight excluding hydrogens is 290 g/mol. The van der Waals surface area contributed by atoms with E-state index in [4.69, 9.17) is 4.74 Å². The van der Waals surface area contributed by atoms with Crippen molar-refractivity contribution in [3.8, 4) is 0 Å². The first-order valence-electron chi connectivity index (χ1n) is 7.25. The third-order valence-corrected chi connectivity index (χ3v) is 4.85. The van der Waals surface area contributed by atoms with Crippen molar-refractivity contribution < 1.29 is 13.2 Å². The van der Waals surface area contributed by atoms with Crippen LogP contribution < -0.4 is 10.0 Å². The molecule has 1 fully saturated rings. The predicted molar refractivity (Wildman–Crippen MR) is 83.1 cm³/mol. The summed E-state index contributed by atoms with van der Waals surface area (Å²) in [6.07, 6.45) is 0. The monoisotopic (exact) mass is 313 g/mol. The molecule has 0 radical (unpaired) electrons. The minimum absolute atomic E-state index is 0.297. The van der Waals surface area contributed by atoms with Crippen LogP contribution in [0.5, 0.6) is 0 Å². The van der Waals surface area contributed by atoms with Crippen LogP contribution in [-0.4, -0.2) is 59.3 Å². The van der Waals surface area contributed by atoms with Gasteiger partial charge in [-0.15, -0.1) is 0 Å². The van der Waals surface area contributed by atoms with Gasteiger partial charge in [0, 0.05) is 38.4 Å². The minimum Gasteiger partial charge on any atom is -0.385 e. The van der Waals surface area contributed by atoms with E-state index in [1.165, 1.54) is 0 Å². The van der Waals surface area contributed by atoms with E-state index >= 15 is 0 Å². The Kier molecular flexibility index (Phi) is 5.98. The molecule has 1 aromatic carbocycles. The average Bonchev–Trinajstić information content (AvgIpc) is 2.49. The summed E-state index contributed by atoms with van der Waals surface area (Å²) in [6.45, 7) is 7.09. The minimum atomic E-state index is -3.43. The number of hydrogen-bond donors (Lipinski definition) is 2. The molecule has 7 heteroatoms. The average molecular weight is 313 g/mol. The molecule has 0 unspecified atom stereocenters. The lowest BCUT2D eigenvalue weighted by Crippen LogP contribution is -2.41. The molecule has 1 saturated heterocycles. The van der Waals surface area contributed by atoms with E-state index in [0.29, 0.717) is 18.0 Å². The van der Waals surface area contributed by atoms with Crippen molar-refractivity contribution in [1.82, 2.24) is 9.62 Å². The van der Waals surface area contributed by atoms with Gasteiger partial charge in [-0.1, -0.05) is 0 Å². The van der Waals surface area contributed by atoms with Gasteiger partial charge in [-0.05, 0) is 31.2 Å². The molecule has 118 valence electrons. The first kappa shape index (κ1) is 16.2. The molecule has 1 aromatic rings. The number of sulfonamides is 1. The highest BCUT2D eigenvalue weighted by molar-refractivity contribution is 7.89. The maximum Gasteiger partial charge on any atom is 0.240 e.